The molecule has 12 rings (SSSR count). The van der Waals surface area contributed by atoms with E-state index in [4.69, 9.17) is 24.5 Å². The molecule has 4 aromatic rings. The Morgan fingerprint density at radius 1 is 0.552 bits per heavy atom. The number of ketones is 2. The Morgan fingerprint density at radius 3 is 1.21 bits per heavy atom. The van der Waals surface area contributed by atoms with E-state index in [0.29, 0.717) is 106 Å². The number of nitrogens with zero attached hydrogens (tertiary/aromatic N) is 7. The molecule has 2 unspecified atom stereocenters. The highest BCUT2D eigenvalue weighted by Gasteiger charge is 2.52. The molecule has 0 aliphatic carbocycles. The monoisotopic (exact) mass is 1700 g/mol. The number of aliphatic hydroxyl groups excluding tert-OH is 4. The number of benzene rings is 4. The number of rotatable bonds is 16. The second-order valence-electron chi connectivity index (χ2n) is 34.0. The zero-order chi connectivity index (χ0) is 87.0. The van der Waals surface area contributed by atoms with Crippen LogP contribution in [0.3, 0.4) is 0 Å². The lowest BCUT2D eigenvalue weighted by Gasteiger charge is -2.27. The van der Waals surface area contributed by atoms with Crippen molar-refractivity contribution in [3.63, 3.8) is 0 Å². The normalized spacial score (nSPS) is 23.5. The van der Waals surface area contributed by atoms with Crippen molar-refractivity contribution in [2.75, 3.05) is 68.0 Å². The van der Waals surface area contributed by atoms with Crippen LogP contribution in [0.4, 0.5) is 4.70 Å². The zero-order valence-corrected chi connectivity index (χ0v) is 72.1. The number of esters is 2. The number of nitrogens with one attached hydrogen (secondary N) is 1. The van der Waals surface area contributed by atoms with Crippen LogP contribution in [0.2, 0.25) is 0 Å². The lowest BCUT2D eigenvalue weighted by molar-refractivity contribution is -0.142. The lowest BCUT2D eigenvalue weighted by Crippen LogP contribution is -2.32. The number of aliphatic hydroxyl groups is 4. The number of carboxylic acid groups (broad SMARTS) is 1. The van der Waals surface area contributed by atoms with Gasteiger partial charge in [-0.1, -0.05) is 13.8 Å². The quantitative estimate of drug-likeness (QED) is 0.0153. The van der Waals surface area contributed by atoms with Crippen LogP contribution >= 0.6 is 0 Å². The van der Waals surface area contributed by atoms with Crippen LogP contribution in [0.15, 0.2) is 78.8 Å². The summed E-state index contributed by atoms with van der Waals surface area (Å²) in [4.78, 5) is 84.4. The molecule has 0 spiro atoms. The maximum Gasteiger partial charge on any atom is 0.321 e. The first-order chi connectivity index (χ1) is 52.7. The largest absolute Gasteiger partial charge is 0.481 e. The Labute approximate surface area is 677 Å². The summed E-state index contributed by atoms with van der Waals surface area (Å²) in [5.74, 6) is -2.02. The highest BCUT2D eigenvalue weighted by Crippen LogP contribution is 2.53. The molecule has 4 atom stereocenters. The van der Waals surface area contributed by atoms with E-state index in [0.717, 1.165) is 16.7 Å². The number of carbonyl (C=O) groups is 7. The average molecular weight is 1700 g/mol. The van der Waals surface area contributed by atoms with Crippen LogP contribution in [0.1, 0.15) is 211 Å². The number of hydrogen-bond donors (Lipinski definition) is 6. The van der Waals surface area contributed by atoms with Crippen LogP contribution < -0.4 is 18.9 Å². The summed E-state index contributed by atoms with van der Waals surface area (Å²) in [5.41, 5.74) is 4.61. The molecule has 638 valence electrons. The van der Waals surface area contributed by atoms with E-state index in [1.54, 1.807) is 125 Å². The summed E-state index contributed by atoms with van der Waals surface area (Å²) in [5, 5.41) is 58.6. The van der Waals surface area contributed by atoms with Crippen molar-refractivity contribution in [2.45, 2.75) is 204 Å². The van der Waals surface area contributed by atoms with Crippen LogP contribution in [-0.4, -0.2) is 204 Å². The van der Waals surface area contributed by atoms with E-state index in [1.165, 1.54) is 65.3 Å². The molecule has 0 amide bonds. The molecular weight excluding hydrogens is 1590 g/mol. The van der Waals surface area contributed by atoms with Crippen molar-refractivity contribution in [1.82, 2.24) is 17.2 Å². The number of Topliss-reactive ketones (excluding diaryl/α,β-unsaturated/α-hetero) is 2. The van der Waals surface area contributed by atoms with Gasteiger partial charge in [-0.25, -0.2) is 50.9 Å². The Bertz CT molecular complexity index is 5310. The molecule has 4 aromatic carbocycles. The number of fused-ring (bicyclic) bond motifs is 4. The van der Waals surface area contributed by atoms with Crippen molar-refractivity contribution in [1.29, 1.82) is 5.53 Å². The van der Waals surface area contributed by atoms with E-state index >= 15 is 0 Å². The van der Waals surface area contributed by atoms with Crippen LogP contribution in [-0.2, 0) is 117 Å². The van der Waals surface area contributed by atoms with Gasteiger partial charge in [0.05, 0.1) is 72.4 Å². The molecule has 0 aromatic heterocycles. The van der Waals surface area contributed by atoms with Crippen LogP contribution in [0.25, 0.3) is 18.2 Å². The molecule has 4 fully saturated rings. The number of carboxylic acids is 1. The molecule has 37 heteroatoms. The van der Waals surface area contributed by atoms with Gasteiger partial charge in [0.2, 0.25) is 64.2 Å². The van der Waals surface area contributed by atoms with Gasteiger partial charge in [0, 0.05) is 106 Å². The van der Waals surface area contributed by atoms with E-state index in [2.05, 4.69) is 15.6 Å². The Balaban J connectivity index is 0.000000236. The first-order valence-electron chi connectivity index (χ1n) is 36.7. The minimum atomic E-state index is -3.67. The van der Waals surface area contributed by atoms with Gasteiger partial charge in [0.25, 0.3) is 0 Å². The maximum atomic E-state index is 12.5. The summed E-state index contributed by atoms with van der Waals surface area (Å²) in [6, 6.07) is 13.5. The summed E-state index contributed by atoms with van der Waals surface area (Å²) >= 11 is 0. The molecule has 0 saturated carbocycles. The number of sulfonamides is 4. The molecule has 8 aliphatic heterocycles. The molecule has 0 bridgehead atoms. The maximum absolute atomic E-state index is 12.5. The van der Waals surface area contributed by atoms with Crippen molar-refractivity contribution < 1.29 is 118 Å². The van der Waals surface area contributed by atoms with Gasteiger partial charge in [0.1, 0.15) is 28.2 Å². The van der Waals surface area contributed by atoms with Crippen molar-refractivity contribution in [2.24, 2.45) is 15.6 Å². The second kappa shape index (κ2) is 33.3. The van der Waals surface area contributed by atoms with Gasteiger partial charge >= 0.3 is 17.9 Å². The van der Waals surface area contributed by atoms with Crippen molar-refractivity contribution in [3.05, 3.63) is 130 Å². The summed E-state index contributed by atoms with van der Waals surface area (Å²) in [7, 11) is -6.54. The zero-order valence-electron chi connectivity index (χ0n) is 68.8. The lowest BCUT2D eigenvalue weighted by atomic mass is 9.75. The van der Waals surface area contributed by atoms with Crippen molar-refractivity contribution in [3.8, 4) is 23.0 Å². The highest BCUT2D eigenvalue weighted by atomic mass is 32.2. The van der Waals surface area contributed by atoms with E-state index < -0.39 is 137 Å². The molecule has 8 aliphatic rings. The predicted octanol–water partition coefficient (Wildman–Crippen LogP) is 8.34. The molecule has 116 heavy (non-hydrogen) atoms. The van der Waals surface area contributed by atoms with E-state index in [9.17, 15) is 92.8 Å². The summed E-state index contributed by atoms with van der Waals surface area (Å²) < 4.78 is 127. The van der Waals surface area contributed by atoms with Gasteiger partial charge in [-0.2, -0.15) is 10.6 Å². The summed E-state index contributed by atoms with van der Waals surface area (Å²) in [6.07, 6.45) is 3.32. The smallest absolute Gasteiger partial charge is 0.321 e. The predicted molar refractivity (Wildman–Crippen MR) is 429 cm³/mol. The topological polar surface area (TPSA) is 468 Å². The minimum absolute atomic E-state index is 0. The van der Waals surface area contributed by atoms with Gasteiger partial charge in [0.15, 0.2) is 12.6 Å². The Morgan fingerprint density at radius 2 is 0.897 bits per heavy atom. The SMILES string of the molecule is CN1CC/C(=C\c2cc(C(C)(C)C(=O)C=O)c3c(c2)C(C)(C)C(=O)O3)S1(=O)=O.CN1CC/C(=C\c2cc(C(C)(C)C(=O)O)c3c(c2)C(C)(C)C(O)O3)S1(=O)=O.CN1CC/C(=C\c2cc(C(C)(C)CO)c3c(c2)C(C)(C)C(O)O3)S1(=O)=O.CN1CC[C@@H]([C@H](O)c2cc(C(C)(C)C(=O)C=O)c3c(c2)C(C)(C)C(=O)O3)S1(=O)=O.CN=NN=N.F.[3HH]. The number of ether oxygens (including phenoxy) is 4. The fourth-order valence-corrected chi connectivity index (χ4v) is 19.8. The van der Waals surface area contributed by atoms with E-state index in [-0.39, 0.29) is 59.3 Å². The number of aldehydes is 2. The number of carbonyl (C=O) groups excluding carboxylic acids is 6. The standard InChI is InChI=1S/C20H25NO7S.C20H23NO6S.C19H25NO6S.C19H27NO5S.CH4N4.FH.H2/c1-19(2,15(23)10-22)12-8-11(9-13-17(12)28-18(25)20(13,3)4)16(24)14-6-7-21(5)29(14,26)27;1-19(2,16(23)11-22)14-9-12(8-13-6-7-21(5)28(13,25)26)10-15-17(14)27-18(24)20(15,3)4;1-18(2,16(21)22)13-9-11(8-12-6-7-20(5)27(12,24)25)10-14-15(13)26-17(23)19(14,3)4;1-18(2,11-21)14-9-12(8-13-6-7-20(5)26(13,23)24)10-15-16(14)25-17(22)19(15,3)4;1-3-5-4-2;;/h8-10,14,16,24H,6-7H2,1-5H3;8-11H,6-7H2,1-5H3;8-10,17,23H,6-7H2,1-5H3,(H,21,22);8-10,17,21-22H,6-7,11H2,1-5H3;2H,1H3;2*1H/b;13-8+;12-8+;13-8+;;;/t14-,16+;;;;;;/m0....../s1/i;;;;;;1+2. The molecule has 8 heterocycles. The molecule has 4 saturated heterocycles. The fraction of sp³-hybridized carbons (Fsp3) is 0.532. The van der Waals surface area contributed by atoms with Gasteiger partial charge in [-0.05, 0) is 222 Å². The molecule has 0 radical (unpaired) electrons. The Kier molecular flexibility index (Phi) is 27.1. The molecule has 32 nitrogen and oxygen atoms in total. The van der Waals surface area contributed by atoms with Gasteiger partial charge in [-0.3, -0.25) is 38.3 Å². The minimum Gasteiger partial charge on any atom is -0.481 e. The molecule has 6 N–H and O–H groups in total. The third-order valence-electron chi connectivity index (χ3n) is 23.0. The van der Waals surface area contributed by atoms with Crippen LogP contribution in [0.5, 0.6) is 23.0 Å². The average Bonchev–Trinajstić information content (AvgIpc) is 1.62. The third-order valence-corrected chi connectivity index (χ3v) is 31.3. The highest BCUT2D eigenvalue weighted by molar-refractivity contribution is 7.94. The van der Waals surface area contributed by atoms with Gasteiger partial charge in [-0.15, -0.1) is 0 Å². The second-order valence-corrected chi connectivity index (χ2v) is 42.5. The van der Waals surface area contributed by atoms with E-state index in [1.807, 2.05) is 39.8 Å². The summed E-state index contributed by atoms with van der Waals surface area (Å²) in [6.45, 7) is 28.7. The fourth-order valence-electron chi connectivity index (χ4n) is 14.0. The first-order valence-corrected chi connectivity index (χ1v) is 42.6. The number of halogens is 1. The number of aliphatic carboxylic acids is 1. The Hall–Kier alpha value is -8.60. The number of hydrogen-bond acceptors (Lipinski definition) is 25. The van der Waals surface area contributed by atoms with Crippen molar-refractivity contribution >= 4 is 100 Å². The first kappa shape index (κ1) is 94.5. The third kappa shape index (κ3) is 17.2. The molecular formula is C79H107FN8O24S4. The van der Waals surface area contributed by atoms with Crippen LogP contribution in [0, 0.1) is 5.53 Å². The van der Waals surface area contributed by atoms with Gasteiger partial charge < -0.3 is 44.5 Å².